The summed E-state index contributed by atoms with van der Waals surface area (Å²) in [4.78, 5) is 0. The number of benzene rings is 1. The molecule has 0 unspecified atom stereocenters. The first-order chi connectivity index (χ1) is 6.86. The fourth-order valence-corrected chi connectivity index (χ4v) is 2.31. The van der Waals surface area contributed by atoms with E-state index in [1.807, 2.05) is 6.07 Å². The van der Waals surface area contributed by atoms with Crippen molar-refractivity contribution in [2.45, 2.75) is 5.33 Å². The monoisotopic (exact) mass is 311 g/mol. The summed E-state index contributed by atoms with van der Waals surface area (Å²) in [5.41, 5.74) is 1.49. The highest BCUT2D eigenvalue weighted by molar-refractivity contribution is 9.08. The second-order valence-electron chi connectivity index (χ2n) is 3.15. The molecule has 84 valence electrons. The summed E-state index contributed by atoms with van der Waals surface area (Å²) >= 11 is 9.28. The smallest absolute Gasteiger partial charge is 0.232 e. The number of nitrogens with zero attached hydrogens (tertiary/aromatic N) is 1. The number of alkyl halides is 1. The van der Waals surface area contributed by atoms with Gasteiger partial charge in [-0.25, -0.2) is 8.42 Å². The summed E-state index contributed by atoms with van der Waals surface area (Å²) in [6, 6.07) is 5.27. The van der Waals surface area contributed by atoms with Gasteiger partial charge in [-0.15, -0.1) is 0 Å². The van der Waals surface area contributed by atoms with Crippen LogP contribution in [0.4, 0.5) is 5.69 Å². The topological polar surface area (TPSA) is 37.4 Å². The van der Waals surface area contributed by atoms with Gasteiger partial charge < -0.3 is 0 Å². The molecule has 6 heteroatoms. The standard InChI is InChI=1S/C9H11BrClNO2S/c1-12(15(2,13)14)9-4-3-7(6-10)5-8(9)11/h3-5H,6H2,1-2H3. The van der Waals surface area contributed by atoms with Crippen LogP contribution in [0.2, 0.25) is 5.02 Å². The van der Waals surface area contributed by atoms with E-state index in [0.717, 1.165) is 16.1 Å². The van der Waals surface area contributed by atoms with Gasteiger partial charge in [0.25, 0.3) is 0 Å². The molecule has 15 heavy (non-hydrogen) atoms. The van der Waals surface area contributed by atoms with Gasteiger partial charge in [0.1, 0.15) is 0 Å². The second-order valence-corrected chi connectivity index (χ2v) is 6.13. The van der Waals surface area contributed by atoms with Crippen LogP contribution in [0.15, 0.2) is 18.2 Å². The average Bonchev–Trinajstić information content (AvgIpc) is 2.15. The zero-order chi connectivity index (χ0) is 11.6. The van der Waals surface area contributed by atoms with Crippen molar-refractivity contribution in [1.82, 2.24) is 0 Å². The van der Waals surface area contributed by atoms with Gasteiger partial charge in [-0.2, -0.15) is 0 Å². The van der Waals surface area contributed by atoms with E-state index >= 15 is 0 Å². The molecular formula is C9H11BrClNO2S. The molecule has 0 aliphatic carbocycles. The van der Waals surface area contributed by atoms with Crippen LogP contribution in [0.5, 0.6) is 0 Å². The molecule has 0 spiro atoms. The summed E-state index contributed by atoms with van der Waals surface area (Å²) in [7, 11) is -1.78. The van der Waals surface area contributed by atoms with Crippen LogP contribution in [0, 0.1) is 0 Å². The molecule has 0 saturated heterocycles. The molecule has 0 amide bonds. The van der Waals surface area contributed by atoms with Gasteiger partial charge in [0.05, 0.1) is 17.0 Å². The lowest BCUT2D eigenvalue weighted by Crippen LogP contribution is -2.25. The molecule has 3 nitrogen and oxygen atoms in total. The van der Waals surface area contributed by atoms with E-state index in [1.54, 1.807) is 12.1 Å². The molecule has 1 rings (SSSR count). The van der Waals surface area contributed by atoms with Crippen LogP contribution < -0.4 is 4.31 Å². The predicted molar refractivity (Wildman–Crippen MR) is 67.3 cm³/mol. The summed E-state index contributed by atoms with van der Waals surface area (Å²) in [5, 5.41) is 1.12. The molecule has 0 heterocycles. The SMILES string of the molecule is CN(c1ccc(CBr)cc1Cl)S(C)(=O)=O. The Hall–Kier alpha value is -0.260. The zero-order valence-electron chi connectivity index (χ0n) is 8.37. The Balaban J connectivity index is 3.17. The average molecular weight is 313 g/mol. The van der Waals surface area contributed by atoms with Gasteiger partial charge in [0.2, 0.25) is 10.0 Å². The maximum atomic E-state index is 11.3. The lowest BCUT2D eigenvalue weighted by Gasteiger charge is -2.18. The maximum Gasteiger partial charge on any atom is 0.232 e. The Kier molecular flexibility index (Phi) is 4.03. The lowest BCUT2D eigenvalue weighted by molar-refractivity contribution is 0.600. The molecule has 0 aromatic heterocycles. The van der Waals surface area contributed by atoms with Gasteiger partial charge in [-0.1, -0.05) is 33.6 Å². The van der Waals surface area contributed by atoms with Crippen molar-refractivity contribution in [2.75, 3.05) is 17.6 Å². The molecule has 0 N–H and O–H groups in total. The highest BCUT2D eigenvalue weighted by Gasteiger charge is 2.14. The highest BCUT2D eigenvalue weighted by Crippen LogP contribution is 2.28. The van der Waals surface area contributed by atoms with E-state index < -0.39 is 10.0 Å². The van der Waals surface area contributed by atoms with E-state index in [4.69, 9.17) is 11.6 Å². The van der Waals surface area contributed by atoms with Gasteiger partial charge in [0, 0.05) is 12.4 Å². The van der Waals surface area contributed by atoms with Gasteiger partial charge in [0.15, 0.2) is 0 Å². The third-order valence-corrected chi connectivity index (χ3v) is 4.14. The first-order valence-corrected chi connectivity index (χ1v) is 7.49. The highest BCUT2D eigenvalue weighted by atomic mass is 79.9. The van der Waals surface area contributed by atoms with Crippen molar-refractivity contribution in [3.8, 4) is 0 Å². The van der Waals surface area contributed by atoms with Gasteiger partial charge in [-0.05, 0) is 17.7 Å². The van der Waals surface area contributed by atoms with Gasteiger partial charge >= 0.3 is 0 Å². The Bertz CT molecular complexity index is 461. The Morgan fingerprint density at radius 1 is 1.47 bits per heavy atom. The molecule has 0 saturated carbocycles. The molecule has 0 bridgehead atoms. The van der Waals surface area contributed by atoms with Gasteiger partial charge in [-0.3, -0.25) is 4.31 Å². The summed E-state index contributed by atoms with van der Waals surface area (Å²) in [6.45, 7) is 0. The fraction of sp³-hybridized carbons (Fsp3) is 0.333. The van der Waals surface area contributed by atoms with Crippen molar-refractivity contribution >= 4 is 43.2 Å². The Morgan fingerprint density at radius 2 is 2.07 bits per heavy atom. The Labute approximate surface area is 103 Å². The van der Waals surface area contributed by atoms with Crippen molar-refractivity contribution in [3.63, 3.8) is 0 Å². The van der Waals surface area contributed by atoms with Crippen molar-refractivity contribution < 1.29 is 8.42 Å². The van der Waals surface area contributed by atoms with Crippen molar-refractivity contribution in [2.24, 2.45) is 0 Å². The number of hydrogen-bond donors (Lipinski definition) is 0. The Morgan fingerprint density at radius 3 is 2.47 bits per heavy atom. The summed E-state index contributed by atoms with van der Waals surface area (Å²) < 4.78 is 23.8. The van der Waals surface area contributed by atoms with Crippen LogP contribution >= 0.6 is 27.5 Å². The minimum absolute atomic E-state index is 0.430. The number of sulfonamides is 1. The molecule has 0 aliphatic heterocycles. The van der Waals surface area contributed by atoms with Crippen LogP contribution in [0.1, 0.15) is 5.56 Å². The zero-order valence-corrected chi connectivity index (χ0v) is 11.5. The number of rotatable bonds is 3. The minimum atomic E-state index is -3.26. The van der Waals surface area contributed by atoms with E-state index in [9.17, 15) is 8.42 Å². The van der Waals surface area contributed by atoms with E-state index in [2.05, 4.69) is 15.9 Å². The lowest BCUT2D eigenvalue weighted by atomic mass is 10.2. The molecule has 1 aromatic carbocycles. The van der Waals surface area contributed by atoms with Crippen molar-refractivity contribution in [3.05, 3.63) is 28.8 Å². The van der Waals surface area contributed by atoms with Crippen molar-refractivity contribution in [1.29, 1.82) is 0 Å². The molecule has 0 atom stereocenters. The third kappa shape index (κ3) is 3.09. The van der Waals surface area contributed by atoms with E-state index in [-0.39, 0.29) is 0 Å². The molecule has 0 fully saturated rings. The number of hydrogen-bond acceptors (Lipinski definition) is 2. The fourth-order valence-electron chi connectivity index (χ4n) is 1.07. The number of halogens is 2. The quantitative estimate of drug-likeness (QED) is 0.805. The first kappa shape index (κ1) is 12.8. The van der Waals surface area contributed by atoms with Crippen LogP contribution in [-0.4, -0.2) is 21.7 Å². The minimum Gasteiger partial charge on any atom is -0.272 e. The molecule has 0 radical (unpaired) electrons. The predicted octanol–water partition coefficient (Wildman–Crippen LogP) is 2.63. The largest absolute Gasteiger partial charge is 0.272 e. The van der Waals surface area contributed by atoms with Crippen LogP contribution in [0.25, 0.3) is 0 Å². The summed E-state index contributed by atoms with van der Waals surface area (Å²) in [6.07, 6.45) is 1.14. The number of anilines is 1. The molecule has 1 aromatic rings. The third-order valence-electron chi connectivity index (χ3n) is 2.00. The van der Waals surface area contributed by atoms with Crippen LogP contribution in [-0.2, 0) is 15.4 Å². The first-order valence-electron chi connectivity index (χ1n) is 4.14. The second kappa shape index (κ2) is 4.72. The van der Waals surface area contributed by atoms with E-state index in [1.165, 1.54) is 7.05 Å². The maximum absolute atomic E-state index is 11.3. The normalized spacial score (nSPS) is 11.5. The molecular weight excluding hydrogens is 302 g/mol. The van der Waals surface area contributed by atoms with Crippen LogP contribution in [0.3, 0.4) is 0 Å². The summed E-state index contributed by atoms with van der Waals surface area (Å²) in [5.74, 6) is 0. The van der Waals surface area contributed by atoms with E-state index in [0.29, 0.717) is 16.0 Å². The molecule has 0 aliphatic rings.